The maximum atomic E-state index is 12.5. The molecular weight excluding hydrogens is 388 g/mol. The highest BCUT2D eigenvalue weighted by molar-refractivity contribution is 5.93. The molecule has 0 unspecified atom stereocenters. The summed E-state index contributed by atoms with van der Waals surface area (Å²) in [6.45, 7) is 0.682. The highest BCUT2D eigenvalue weighted by Gasteiger charge is 2.51. The van der Waals surface area contributed by atoms with Gasteiger partial charge in [0.05, 0.1) is 12.7 Å². The maximum Gasteiger partial charge on any atom is 0.262 e. The largest absolute Gasteiger partial charge is 0.273 e. The van der Waals surface area contributed by atoms with Crippen LogP contribution in [0.4, 0.5) is 0 Å². The van der Waals surface area contributed by atoms with Gasteiger partial charge in [0.2, 0.25) is 5.91 Å². The van der Waals surface area contributed by atoms with Crippen LogP contribution < -0.4 is 10.9 Å². The zero-order valence-electron chi connectivity index (χ0n) is 17.8. The Balaban J connectivity index is 1.09. The standard InChI is InChI=1S/C25H30N4O2/c30-23(7-6-19-15-26-29(17-19)16-18-4-2-1-3-5-18)27-28-24(31)14-25-11-20-8-21(12-25)10-22(9-20)13-25/h1-7,15,17,20-22H,8-14,16H2,(H,27,30)(H,28,31)/b7-6+. The van der Waals surface area contributed by atoms with E-state index in [1.165, 1.54) is 50.2 Å². The summed E-state index contributed by atoms with van der Waals surface area (Å²) in [4.78, 5) is 24.7. The van der Waals surface area contributed by atoms with E-state index in [1.807, 2.05) is 29.1 Å². The Morgan fingerprint density at radius 3 is 2.39 bits per heavy atom. The van der Waals surface area contributed by atoms with Gasteiger partial charge >= 0.3 is 0 Å². The molecule has 1 heterocycles. The highest BCUT2D eigenvalue weighted by Crippen LogP contribution is 2.61. The van der Waals surface area contributed by atoms with Gasteiger partial charge in [-0.05, 0) is 73.3 Å². The van der Waals surface area contributed by atoms with Crippen LogP contribution in [0.15, 0.2) is 48.8 Å². The summed E-state index contributed by atoms with van der Waals surface area (Å²) < 4.78 is 1.83. The van der Waals surface area contributed by atoms with Crippen LogP contribution in [0, 0.1) is 23.2 Å². The number of nitrogens with one attached hydrogen (secondary N) is 2. The number of carbonyl (C=O) groups excluding carboxylic acids is 2. The number of benzene rings is 1. The van der Waals surface area contributed by atoms with Crippen LogP contribution in [0.2, 0.25) is 0 Å². The summed E-state index contributed by atoms with van der Waals surface area (Å²) in [6.07, 6.45) is 14.9. The molecular formula is C25H30N4O2. The lowest BCUT2D eigenvalue weighted by Gasteiger charge is -2.56. The van der Waals surface area contributed by atoms with Crippen molar-refractivity contribution in [2.45, 2.75) is 51.5 Å². The molecule has 0 atom stereocenters. The second-order valence-electron chi connectivity index (χ2n) is 9.92. The summed E-state index contributed by atoms with van der Waals surface area (Å²) in [5, 5.41) is 4.33. The number of hydrazine groups is 1. The lowest BCUT2D eigenvalue weighted by Crippen LogP contribution is -2.49. The van der Waals surface area contributed by atoms with Gasteiger partial charge in [-0.25, -0.2) is 0 Å². The first-order valence-electron chi connectivity index (χ1n) is 11.4. The van der Waals surface area contributed by atoms with Gasteiger partial charge in [0, 0.05) is 24.3 Å². The fourth-order valence-corrected chi connectivity index (χ4v) is 6.56. The van der Waals surface area contributed by atoms with Crippen molar-refractivity contribution in [3.63, 3.8) is 0 Å². The van der Waals surface area contributed by atoms with Gasteiger partial charge in [-0.15, -0.1) is 0 Å². The lowest BCUT2D eigenvalue weighted by molar-refractivity contribution is -0.133. The zero-order valence-corrected chi connectivity index (χ0v) is 17.8. The van der Waals surface area contributed by atoms with E-state index in [9.17, 15) is 9.59 Å². The minimum Gasteiger partial charge on any atom is -0.273 e. The third-order valence-electron chi connectivity index (χ3n) is 7.29. The molecule has 31 heavy (non-hydrogen) atoms. The van der Waals surface area contributed by atoms with Gasteiger partial charge in [-0.1, -0.05) is 30.3 Å². The molecule has 6 nitrogen and oxygen atoms in total. The molecule has 0 spiro atoms. The molecule has 4 bridgehead atoms. The molecule has 4 fully saturated rings. The van der Waals surface area contributed by atoms with E-state index in [0.29, 0.717) is 13.0 Å². The Bertz CT molecular complexity index is 943. The Kier molecular flexibility index (Phi) is 5.38. The van der Waals surface area contributed by atoms with Crippen molar-refractivity contribution in [3.8, 4) is 0 Å². The van der Waals surface area contributed by atoms with Gasteiger partial charge in [-0.2, -0.15) is 5.10 Å². The zero-order chi connectivity index (χ0) is 21.3. The Morgan fingerprint density at radius 2 is 1.71 bits per heavy atom. The van der Waals surface area contributed by atoms with E-state index in [4.69, 9.17) is 0 Å². The lowest BCUT2D eigenvalue weighted by atomic mass is 9.49. The smallest absolute Gasteiger partial charge is 0.262 e. The fourth-order valence-electron chi connectivity index (χ4n) is 6.56. The monoisotopic (exact) mass is 418 g/mol. The number of nitrogens with zero attached hydrogens (tertiary/aromatic N) is 2. The third-order valence-corrected chi connectivity index (χ3v) is 7.29. The first-order chi connectivity index (χ1) is 15.1. The van der Waals surface area contributed by atoms with Crippen LogP contribution in [0.3, 0.4) is 0 Å². The minimum absolute atomic E-state index is 0.0700. The molecule has 0 aliphatic heterocycles. The van der Waals surface area contributed by atoms with E-state index >= 15 is 0 Å². The number of hydrogen-bond acceptors (Lipinski definition) is 3. The number of rotatable bonds is 6. The number of amides is 2. The van der Waals surface area contributed by atoms with Crippen molar-refractivity contribution in [1.29, 1.82) is 0 Å². The predicted octanol–water partition coefficient (Wildman–Crippen LogP) is 3.70. The molecule has 0 radical (unpaired) electrons. The SMILES string of the molecule is O=C(/C=C/c1cnn(Cc2ccccc2)c1)NNC(=O)CC12CC3CC(CC(C3)C1)C2. The highest BCUT2D eigenvalue weighted by atomic mass is 16.2. The molecule has 4 aliphatic carbocycles. The average Bonchev–Trinajstić information content (AvgIpc) is 3.17. The van der Waals surface area contributed by atoms with Crippen molar-refractivity contribution in [3.05, 3.63) is 59.9 Å². The van der Waals surface area contributed by atoms with E-state index in [1.54, 1.807) is 12.3 Å². The van der Waals surface area contributed by atoms with Gasteiger partial charge in [0.15, 0.2) is 0 Å². The summed E-state index contributed by atoms with van der Waals surface area (Å²) in [7, 11) is 0. The quantitative estimate of drug-likeness (QED) is 0.555. The molecule has 1 aromatic carbocycles. The molecule has 6 heteroatoms. The first-order valence-corrected chi connectivity index (χ1v) is 11.4. The molecule has 0 saturated heterocycles. The van der Waals surface area contributed by atoms with Crippen LogP contribution in [-0.2, 0) is 16.1 Å². The third kappa shape index (κ3) is 4.73. The Hall–Kier alpha value is -2.89. The van der Waals surface area contributed by atoms with Crippen molar-refractivity contribution in [2.24, 2.45) is 23.2 Å². The van der Waals surface area contributed by atoms with Crippen molar-refractivity contribution >= 4 is 17.9 Å². The predicted molar refractivity (Wildman–Crippen MR) is 118 cm³/mol. The molecule has 4 saturated carbocycles. The second kappa shape index (κ2) is 8.33. The van der Waals surface area contributed by atoms with Crippen LogP contribution in [-0.4, -0.2) is 21.6 Å². The van der Waals surface area contributed by atoms with Gasteiger partial charge in [-0.3, -0.25) is 25.1 Å². The molecule has 2 N–H and O–H groups in total. The number of hydrogen-bond donors (Lipinski definition) is 2. The second-order valence-corrected chi connectivity index (χ2v) is 9.92. The van der Waals surface area contributed by atoms with Crippen molar-refractivity contribution in [2.75, 3.05) is 0 Å². The van der Waals surface area contributed by atoms with Crippen LogP contribution >= 0.6 is 0 Å². The molecule has 2 aromatic rings. The molecule has 2 amide bonds. The summed E-state index contributed by atoms with van der Waals surface area (Å²) in [5.41, 5.74) is 7.33. The van der Waals surface area contributed by atoms with Gasteiger partial charge in [0.25, 0.3) is 5.91 Å². The van der Waals surface area contributed by atoms with E-state index in [-0.39, 0.29) is 17.2 Å². The number of aromatic nitrogens is 2. The van der Waals surface area contributed by atoms with E-state index < -0.39 is 0 Å². The first kappa shape index (κ1) is 20.0. The van der Waals surface area contributed by atoms with E-state index in [2.05, 4.69) is 28.1 Å². The fraction of sp³-hybridized carbons (Fsp3) is 0.480. The Morgan fingerprint density at radius 1 is 1.03 bits per heavy atom. The summed E-state index contributed by atoms with van der Waals surface area (Å²) in [6, 6.07) is 10.1. The van der Waals surface area contributed by atoms with Crippen molar-refractivity contribution < 1.29 is 9.59 Å². The normalized spacial score (nSPS) is 28.7. The number of carbonyl (C=O) groups is 2. The van der Waals surface area contributed by atoms with Crippen molar-refractivity contribution in [1.82, 2.24) is 20.6 Å². The molecule has 1 aromatic heterocycles. The summed E-state index contributed by atoms with van der Waals surface area (Å²) in [5.74, 6) is 2.05. The average molecular weight is 419 g/mol. The minimum atomic E-state index is -0.338. The van der Waals surface area contributed by atoms with Crippen LogP contribution in [0.1, 0.15) is 56.1 Å². The summed E-state index contributed by atoms with van der Waals surface area (Å²) >= 11 is 0. The van der Waals surface area contributed by atoms with Gasteiger partial charge < -0.3 is 0 Å². The van der Waals surface area contributed by atoms with Gasteiger partial charge in [0.1, 0.15) is 0 Å². The maximum absolute atomic E-state index is 12.5. The van der Waals surface area contributed by atoms with Crippen LogP contribution in [0.5, 0.6) is 0 Å². The van der Waals surface area contributed by atoms with Crippen LogP contribution in [0.25, 0.3) is 6.08 Å². The van der Waals surface area contributed by atoms with E-state index in [0.717, 1.165) is 23.3 Å². The molecule has 4 aliphatic rings. The molecule has 162 valence electrons. The molecule has 6 rings (SSSR count). The Labute approximate surface area is 183 Å². The topological polar surface area (TPSA) is 76.0 Å².